The molecule has 1 aliphatic rings. The molecule has 3 rings (SSSR count). The molecule has 0 unspecified atom stereocenters. The molecule has 2 atom stereocenters. The maximum Gasteiger partial charge on any atom is 0.242 e. The first-order valence-electron chi connectivity index (χ1n) is 8.01. The fourth-order valence-electron chi connectivity index (χ4n) is 2.97. The van der Waals surface area contributed by atoms with Gasteiger partial charge in [-0.2, -0.15) is 0 Å². The lowest BCUT2D eigenvalue weighted by molar-refractivity contribution is 0.0917. The summed E-state index contributed by atoms with van der Waals surface area (Å²) in [5, 5.41) is 0.163. The van der Waals surface area contributed by atoms with Gasteiger partial charge in [-0.15, -0.1) is 0 Å². The first-order valence-corrected chi connectivity index (χ1v) is 9.87. The highest BCUT2D eigenvalue weighted by molar-refractivity contribution is 7.89. The third-order valence-electron chi connectivity index (χ3n) is 4.31. The van der Waals surface area contributed by atoms with Crippen LogP contribution in [-0.4, -0.2) is 28.7 Å². The van der Waals surface area contributed by atoms with Gasteiger partial charge in [0.05, 0.1) is 18.2 Å². The molecule has 7 heteroatoms. The second-order valence-electron chi connectivity index (χ2n) is 5.90. The van der Waals surface area contributed by atoms with Crippen molar-refractivity contribution < 1.29 is 17.9 Å². The van der Waals surface area contributed by atoms with E-state index < -0.39 is 10.0 Å². The van der Waals surface area contributed by atoms with Crippen molar-refractivity contribution in [3.05, 3.63) is 59.1 Å². The van der Waals surface area contributed by atoms with Crippen LogP contribution in [0.25, 0.3) is 0 Å². The average Bonchev–Trinajstić information content (AvgIpc) is 3.10. The summed E-state index contributed by atoms with van der Waals surface area (Å²) >= 11 is 6.06. The van der Waals surface area contributed by atoms with Gasteiger partial charge in [-0.3, -0.25) is 0 Å². The van der Waals surface area contributed by atoms with Gasteiger partial charge in [0.1, 0.15) is 10.6 Å². The fourth-order valence-corrected chi connectivity index (χ4v) is 4.57. The highest BCUT2D eigenvalue weighted by Gasteiger charge is 2.31. The van der Waals surface area contributed by atoms with Crippen molar-refractivity contribution >= 4 is 21.6 Å². The van der Waals surface area contributed by atoms with Crippen LogP contribution < -0.4 is 9.46 Å². The fraction of sp³-hybridized carbons (Fsp3) is 0.333. The minimum absolute atomic E-state index is 0.0173. The molecule has 0 amide bonds. The minimum Gasteiger partial charge on any atom is -0.497 e. The van der Waals surface area contributed by atoms with E-state index in [1.165, 1.54) is 19.2 Å². The van der Waals surface area contributed by atoms with Gasteiger partial charge >= 0.3 is 0 Å². The third kappa shape index (κ3) is 4.15. The molecule has 0 aromatic heterocycles. The summed E-state index contributed by atoms with van der Waals surface area (Å²) in [5.41, 5.74) is 1.06. The molecule has 5 nitrogen and oxygen atoms in total. The Labute approximate surface area is 153 Å². The monoisotopic (exact) mass is 381 g/mol. The van der Waals surface area contributed by atoms with Crippen LogP contribution >= 0.6 is 11.6 Å². The number of methoxy groups -OCH3 is 1. The predicted octanol–water partition coefficient (Wildman–Crippen LogP) is 3.40. The van der Waals surface area contributed by atoms with Crippen molar-refractivity contribution in [3.8, 4) is 5.75 Å². The van der Waals surface area contributed by atoms with E-state index in [9.17, 15) is 8.42 Å². The number of hydrogen-bond acceptors (Lipinski definition) is 4. The quantitative estimate of drug-likeness (QED) is 0.832. The third-order valence-corrected chi connectivity index (χ3v) is 6.21. The lowest BCUT2D eigenvalue weighted by atomic mass is 9.96. The van der Waals surface area contributed by atoms with Crippen LogP contribution in [0.2, 0.25) is 5.02 Å². The topological polar surface area (TPSA) is 64.6 Å². The summed E-state index contributed by atoms with van der Waals surface area (Å²) in [6, 6.07) is 14.4. The number of nitrogens with one attached hydrogen (secondary N) is 1. The second kappa shape index (κ2) is 7.74. The Hall–Kier alpha value is -1.60. The van der Waals surface area contributed by atoms with Gasteiger partial charge < -0.3 is 9.47 Å². The summed E-state index contributed by atoms with van der Waals surface area (Å²) in [4.78, 5) is 0.0173. The SMILES string of the molecule is COc1ccc(Cl)c(S(=O)(=O)NC[C@@H]2CCO[C@H]2c2ccccc2)c1. The van der Waals surface area contributed by atoms with E-state index in [0.717, 1.165) is 12.0 Å². The number of halogens is 1. The maximum absolute atomic E-state index is 12.6. The molecule has 0 saturated carbocycles. The highest BCUT2D eigenvalue weighted by atomic mass is 35.5. The predicted molar refractivity (Wildman–Crippen MR) is 96.4 cm³/mol. The van der Waals surface area contributed by atoms with E-state index in [1.54, 1.807) is 6.07 Å². The molecule has 0 spiro atoms. The molecule has 1 fully saturated rings. The summed E-state index contributed by atoms with van der Waals surface area (Å²) in [7, 11) is -2.25. The molecule has 2 aromatic carbocycles. The first-order chi connectivity index (χ1) is 12.0. The molecule has 25 heavy (non-hydrogen) atoms. The summed E-state index contributed by atoms with van der Waals surface area (Å²) in [5.74, 6) is 0.512. The molecule has 1 saturated heterocycles. The van der Waals surface area contributed by atoms with Crippen LogP contribution in [0, 0.1) is 5.92 Å². The molecular formula is C18H20ClNO4S. The second-order valence-corrected chi connectivity index (χ2v) is 8.04. The molecule has 0 aliphatic carbocycles. The molecule has 0 radical (unpaired) electrons. The Morgan fingerprint density at radius 1 is 1.24 bits per heavy atom. The number of rotatable bonds is 6. The Morgan fingerprint density at radius 2 is 2.00 bits per heavy atom. The first kappa shape index (κ1) is 18.2. The molecule has 2 aromatic rings. The summed E-state index contributed by atoms with van der Waals surface area (Å²) in [6.45, 7) is 0.904. The van der Waals surface area contributed by atoms with Crippen LogP contribution in [0.5, 0.6) is 5.75 Å². The van der Waals surface area contributed by atoms with Gasteiger partial charge in [-0.1, -0.05) is 41.9 Å². The zero-order valence-corrected chi connectivity index (χ0v) is 15.4. The number of sulfonamides is 1. The molecule has 1 N–H and O–H groups in total. The van der Waals surface area contributed by atoms with Gasteiger partial charge in [0.15, 0.2) is 0 Å². The molecular weight excluding hydrogens is 362 g/mol. The largest absolute Gasteiger partial charge is 0.497 e. The van der Waals surface area contributed by atoms with E-state index in [-0.39, 0.29) is 28.5 Å². The van der Waals surface area contributed by atoms with Crippen molar-refractivity contribution in [2.24, 2.45) is 5.92 Å². The van der Waals surface area contributed by atoms with Gasteiger partial charge in [0, 0.05) is 25.1 Å². The van der Waals surface area contributed by atoms with E-state index in [2.05, 4.69) is 4.72 Å². The van der Waals surface area contributed by atoms with Crippen LogP contribution in [0.4, 0.5) is 0 Å². The van der Waals surface area contributed by atoms with Crippen molar-refractivity contribution in [3.63, 3.8) is 0 Å². The zero-order valence-electron chi connectivity index (χ0n) is 13.8. The Kier molecular flexibility index (Phi) is 5.64. The van der Waals surface area contributed by atoms with Gasteiger partial charge in [0.25, 0.3) is 0 Å². The molecule has 1 aliphatic heterocycles. The van der Waals surface area contributed by atoms with E-state index in [1.807, 2.05) is 30.3 Å². The Bertz CT molecular complexity index is 826. The van der Waals surface area contributed by atoms with E-state index in [4.69, 9.17) is 21.1 Å². The smallest absolute Gasteiger partial charge is 0.242 e. The van der Waals surface area contributed by atoms with Gasteiger partial charge in [0.2, 0.25) is 10.0 Å². The minimum atomic E-state index is -3.73. The molecule has 134 valence electrons. The Balaban J connectivity index is 1.74. The number of hydrogen-bond donors (Lipinski definition) is 1. The summed E-state index contributed by atoms with van der Waals surface area (Å²) < 4.78 is 38.8. The van der Waals surface area contributed by atoms with Crippen molar-refractivity contribution in [1.29, 1.82) is 0 Å². The number of ether oxygens (including phenoxy) is 2. The van der Waals surface area contributed by atoms with Crippen LogP contribution in [-0.2, 0) is 14.8 Å². The molecule has 1 heterocycles. The lowest BCUT2D eigenvalue weighted by Crippen LogP contribution is -2.30. The van der Waals surface area contributed by atoms with Crippen LogP contribution in [0.1, 0.15) is 18.1 Å². The maximum atomic E-state index is 12.6. The summed E-state index contributed by atoms with van der Waals surface area (Å²) in [6.07, 6.45) is 0.693. The number of benzene rings is 2. The van der Waals surface area contributed by atoms with Crippen LogP contribution in [0.15, 0.2) is 53.4 Å². The van der Waals surface area contributed by atoms with E-state index in [0.29, 0.717) is 12.4 Å². The van der Waals surface area contributed by atoms with Gasteiger partial charge in [-0.25, -0.2) is 13.1 Å². The highest BCUT2D eigenvalue weighted by Crippen LogP contribution is 2.34. The van der Waals surface area contributed by atoms with Gasteiger partial charge in [-0.05, 0) is 24.1 Å². The van der Waals surface area contributed by atoms with E-state index >= 15 is 0 Å². The Morgan fingerprint density at radius 3 is 2.72 bits per heavy atom. The zero-order chi connectivity index (χ0) is 17.9. The average molecular weight is 382 g/mol. The van der Waals surface area contributed by atoms with Crippen LogP contribution in [0.3, 0.4) is 0 Å². The van der Waals surface area contributed by atoms with Crippen molar-refractivity contribution in [1.82, 2.24) is 4.72 Å². The normalized spacial score (nSPS) is 20.6. The lowest BCUT2D eigenvalue weighted by Gasteiger charge is -2.19. The standard InChI is InChI=1S/C18H20ClNO4S/c1-23-15-7-8-16(19)17(11-15)25(21,22)20-12-14-9-10-24-18(14)13-5-3-2-4-6-13/h2-8,11,14,18,20H,9-10,12H2,1H3/t14-,18-/m0/s1. The van der Waals surface area contributed by atoms with Crippen molar-refractivity contribution in [2.75, 3.05) is 20.3 Å². The molecule has 0 bridgehead atoms. The van der Waals surface area contributed by atoms with Crippen molar-refractivity contribution in [2.45, 2.75) is 17.4 Å².